The molecule has 2 aromatic carbocycles. The van der Waals surface area contributed by atoms with Crippen LogP contribution in [0.2, 0.25) is 0 Å². The van der Waals surface area contributed by atoms with E-state index in [9.17, 15) is 9.59 Å². The van der Waals surface area contributed by atoms with Crippen LogP contribution >= 0.6 is 0 Å². The average molecular weight is 549 g/mol. The number of hydrogen-bond acceptors (Lipinski definition) is 9. The van der Waals surface area contributed by atoms with Crippen LogP contribution in [0.1, 0.15) is 12.5 Å². The molecule has 0 spiro atoms. The molecule has 39 heavy (non-hydrogen) atoms. The lowest BCUT2D eigenvalue weighted by molar-refractivity contribution is -0.114. The van der Waals surface area contributed by atoms with Crippen molar-refractivity contribution in [2.45, 2.75) is 13.5 Å². The number of carbonyl (C=O) groups is 2. The summed E-state index contributed by atoms with van der Waals surface area (Å²) in [6, 6.07) is 16.6. The van der Waals surface area contributed by atoms with Gasteiger partial charge in [0.05, 0.1) is 66.1 Å². The molecule has 216 valence electrons. The van der Waals surface area contributed by atoms with Gasteiger partial charge < -0.3 is 43.8 Å². The molecule has 0 atom stereocenters. The lowest BCUT2D eigenvalue weighted by atomic mass is 10.2. The van der Waals surface area contributed by atoms with Crippen LogP contribution in [0.15, 0.2) is 54.6 Å². The van der Waals surface area contributed by atoms with Crippen LogP contribution < -0.4 is 15.4 Å². The van der Waals surface area contributed by atoms with Gasteiger partial charge in [-0.2, -0.15) is 0 Å². The van der Waals surface area contributed by atoms with Gasteiger partial charge in [-0.3, -0.25) is 4.79 Å². The first kappa shape index (κ1) is 32.0. The molecule has 11 nitrogen and oxygen atoms in total. The third-order valence-corrected chi connectivity index (χ3v) is 4.89. The Morgan fingerprint density at radius 1 is 0.641 bits per heavy atom. The molecule has 0 unspecified atom stereocenters. The Hall–Kier alpha value is -3.22. The monoisotopic (exact) mass is 548 g/mol. The second-order valence-corrected chi connectivity index (χ2v) is 8.10. The summed E-state index contributed by atoms with van der Waals surface area (Å²) in [5.41, 5.74) is 1.66. The molecule has 0 aliphatic heterocycles. The topological polar surface area (TPSA) is 123 Å². The first-order chi connectivity index (χ1) is 19.1. The predicted molar refractivity (Wildman–Crippen MR) is 145 cm³/mol. The lowest BCUT2D eigenvalue weighted by Gasteiger charge is -2.09. The Labute approximate surface area is 230 Å². The van der Waals surface area contributed by atoms with Crippen molar-refractivity contribution in [3.63, 3.8) is 0 Å². The second kappa shape index (κ2) is 21.7. The Bertz CT molecular complexity index is 898. The highest BCUT2D eigenvalue weighted by Crippen LogP contribution is 2.15. The van der Waals surface area contributed by atoms with Crippen molar-refractivity contribution < 1.29 is 42.7 Å². The van der Waals surface area contributed by atoms with Crippen LogP contribution in [-0.4, -0.2) is 91.2 Å². The number of alkyl carbamates (subject to hydrolysis) is 1. The second-order valence-electron chi connectivity index (χ2n) is 8.10. The van der Waals surface area contributed by atoms with Crippen LogP contribution in [-0.2, 0) is 39.8 Å². The van der Waals surface area contributed by atoms with Crippen LogP contribution in [0.3, 0.4) is 0 Å². The zero-order chi connectivity index (χ0) is 27.8. The Kier molecular flexibility index (Phi) is 17.8. The van der Waals surface area contributed by atoms with E-state index >= 15 is 0 Å². The van der Waals surface area contributed by atoms with Crippen LogP contribution in [0.25, 0.3) is 0 Å². The van der Waals surface area contributed by atoms with Crippen LogP contribution in [0.5, 0.6) is 5.75 Å². The Balaban J connectivity index is 1.25. The molecule has 0 aliphatic carbocycles. The van der Waals surface area contributed by atoms with Gasteiger partial charge in [-0.05, 0) is 29.8 Å². The van der Waals surface area contributed by atoms with Crippen LogP contribution in [0, 0.1) is 0 Å². The molecule has 0 aromatic heterocycles. The van der Waals surface area contributed by atoms with Crippen molar-refractivity contribution in [1.82, 2.24) is 5.32 Å². The van der Waals surface area contributed by atoms with E-state index in [1.165, 1.54) is 6.92 Å². The van der Waals surface area contributed by atoms with E-state index < -0.39 is 6.09 Å². The number of carbonyl (C=O) groups excluding carboxylic acids is 2. The van der Waals surface area contributed by atoms with Gasteiger partial charge in [0.25, 0.3) is 0 Å². The summed E-state index contributed by atoms with van der Waals surface area (Å²) in [5.74, 6) is 0.601. The van der Waals surface area contributed by atoms with E-state index in [1.807, 2.05) is 30.3 Å². The summed E-state index contributed by atoms with van der Waals surface area (Å²) in [4.78, 5) is 22.6. The van der Waals surface area contributed by atoms with Gasteiger partial charge in [0, 0.05) is 19.2 Å². The summed E-state index contributed by atoms with van der Waals surface area (Å²) in [6.07, 6.45) is -0.471. The van der Waals surface area contributed by atoms with Crippen molar-refractivity contribution in [3.05, 3.63) is 60.2 Å². The number of rotatable bonds is 22. The quantitative estimate of drug-likeness (QED) is 0.214. The highest BCUT2D eigenvalue weighted by Gasteiger charge is 2.02. The lowest BCUT2D eigenvalue weighted by Crippen LogP contribution is -2.28. The minimum absolute atomic E-state index is 0.111. The maximum Gasteiger partial charge on any atom is 0.407 e. The summed E-state index contributed by atoms with van der Waals surface area (Å²) in [7, 11) is 0. The molecule has 0 bridgehead atoms. The minimum atomic E-state index is -0.471. The molecule has 0 aliphatic rings. The number of benzene rings is 2. The number of anilines is 1. The van der Waals surface area contributed by atoms with Gasteiger partial charge in [0.2, 0.25) is 5.91 Å². The first-order valence-corrected chi connectivity index (χ1v) is 13.0. The van der Waals surface area contributed by atoms with E-state index in [1.54, 1.807) is 24.3 Å². The molecule has 2 rings (SSSR count). The third-order valence-electron chi connectivity index (χ3n) is 4.89. The van der Waals surface area contributed by atoms with E-state index in [2.05, 4.69) is 10.6 Å². The largest absolute Gasteiger partial charge is 0.491 e. The zero-order valence-corrected chi connectivity index (χ0v) is 22.6. The van der Waals surface area contributed by atoms with Crippen molar-refractivity contribution in [1.29, 1.82) is 0 Å². The number of amides is 2. The highest BCUT2D eigenvalue weighted by atomic mass is 16.6. The fraction of sp³-hybridized carbons (Fsp3) is 0.500. The summed E-state index contributed by atoms with van der Waals surface area (Å²) >= 11 is 0. The average Bonchev–Trinajstić information content (AvgIpc) is 2.94. The molecular formula is C28H40N2O9. The van der Waals surface area contributed by atoms with Gasteiger partial charge in [-0.1, -0.05) is 30.3 Å². The number of ether oxygens (including phenoxy) is 7. The van der Waals surface area contributed by atoms with Crippen molar-refractivity contribution in [2.75, 3.05) is 84.5 Å². The molecule has 0 saturated heterocycles. The zero-order valence-electron chi connectivity index (χ0n) is 22.6. The van der Waals surface area contributed by atoms with Gasteiger partial charge in [-0.25, -0.2) is 4.79 Å². The fourth-order valence-electron chi connectivity index (χ4n) is 3.04. The maximum absolute atomic E-state index is 11.6. The van der Waals surface area contributed by atoms with Crippen LogP contribution in [0.4, 0.5) is 10.5 Å². The van der Waals surface area contributed by atoms with E-state index in [0.29, 0.717) is 85.0 Å². The van der Waals surface area contributed by atoms with E-state index in [0.717, 1.165) is 11.3 Å². The first-order valence-electron chi connectivity index (χ1n) is 13.0. The van der Waals surface area contributed by atoms with Gasteiger partial charge in [0.15, 0.2) is 0 Å². The molecule has 2 amide bonds. The van der Waals surface area contributed by atoms with Gasteiger partial charge in [0.1, 0.15) is 19.0 Å². The molecule has 11 heteroatoms. The molecule has 0 radical (unpaired) electrons. The molecular weight excluding hydrogens is 508 g/mol. The van der Waals surface area contributed by atoms with Gasteiger partial charge >= 0.3 is 6.09 Å². The smallest absolute Gasteiger partial charge is 0.407 e. The summed E-state index contributed by atoms with van der Waals surface area (Å²) < 4.78 is 37.9. The van der Waals surface area contributed by atoms with E-state index in [-0.39, 0.29) is 12.5 Å². The van der Waals surface area contributed by atoms with Crippen molar-refractivity contribution >= 4 is 17.7 Å². The predicted octanol–water partition coefficient (Wildman–Crippen LogP) is 3.03. The van der Waals surface area contributed by atoms with Gasteiger partial charge in [-0.15, -0.1) is 0 Å². The molecule has 2 N–H and O–H groups in total. The molecule has 2 aromatic rings. The maximum atomic E-state index is 11.6. The SMILES string of the molecule is CC(=O)Nc1ccc(OCCOCCOCCOCCOCCOCCNC(=O)OCc2ccccc2)cc1. The Morgan fingerprint density at radius 2 is 1.15 bits per heavy atom. The van der Waals surface area contributed by atoms with Crippen molar-refractivity contribution in [3.8, 4) is 5.75 Å². The minimum Gasteiger partial charge on any atom is -0.491 e. The van der Waals surface area contributed by atoms with Crippen molar-refractivity contribution in [2.24, 2.45) is 0 Å². The number of hydrogen-bond donors (Lipinski definition) is 2. The fourth-order valence-corrected chi connectivity index (χ4v) is 3.04. The third kappa shape index (κ3) is 17.8. The standard InChI is InChI=1S/C28H40N2O9/c1-24(31)30-26-7-9-27(10-8-26)38-22-21-37-20-19-36-18-17-35-16-15-34-14-13-33-12-11-29-28(32)39-23-25-5-3-2-4-6-25/h2-10H,11-23H2,1H3,(H,29,32)(H,30,31). The summed E-state index contributed by atoms with van der Waals surface area (Å²) in [6.45, 7) is 7.03. The Morgan fingerprint density at radius 3 is 1.69 bits per heavy atom. The molecule has 0 fully saturated rings. The highest BCUT2D eigenvalue weighted by molar-refractivity contribution is 5.88. The molecule has 0 heterocycles. The summed E-state index contributed by atoms with van der Waals surface area (Å²) in [5, 5.41) is 5.34. The number of nitrogens with one attached hydrogen (secondary N) is 2. The van der Waals surface area contributed by atoms with E-state index in [4.69, 9.17) is 33.2 Å². The normalized spacial score (nSPS) is 10.7. The molecule has 0 saturated carbocycles.